The van der Waals surface area contributed by atoms with Crippen molar-refractivity contribution in [3.63, 3.8) is 0 Å². The van der Waals surface area contributed by atoms with Gasteiger partial charge in [0.25, 0.3) is 0 Å². The normalized spacial score (nSPS) is 19.8. The van der Waals surface area contributed by atoms with Crippen LogP contribution in [0.25, 0.3) is 11.3 Å². The lowest BCUT2D eigenvalue weighted by atomic mass is 9.78. The summed E-state index contributed by atoms with van der Waals surface area (Å²) in [5.74, 6) is 2.05. The number of hydrogen-bond donors (Lipinski definition) is 0. The Morgan fingerprint density at radius 1 is 1.00 bits per heavy atom. The van der Waals surface area contributed by atoms with Gasteiger partial charge in [0.2, 0.25) is 5.88 Å². The van der Waals surface area contributed by atoms with Crippen molar-refractivity contribution in [2.75, 3.05) is 6.61 Å². The van der Waals surface area contributed by atoms with Crippen molar-refractivity contribution in [3.8, 4) is 17.1 Å². The molecule has 1 fully saturated rings. The van der Waals surface area contributed by atoms with Crippen molar-refractivity contribution in [2.24, 2.45) is 11.8 Å². The van der Waals surface area contributed by atoms with Gasteiger partial charge in [0, 0.05) is 11.6 Å². The summed E-state index contributed by atoms with van der Waals surface area (Å²) in [4.78, 5) is 0. The quantitative estimate of drug-likeness (QED) is 0.553. The Hall–Kier alpha value is -1.97. The molecule has 4 heteroatoms. The molecule has 0 bridgehead atoms. The molecular weight excluding hydrogens is 339 g/mol. The summed E-state index contributed by atoms with van der Waals surface area (Å²) in [6.45, 7) is 4.96. The third-order valence-electron chi connectivity index (χ3n) is 5.81. The zero-order valence-electron chi connectivity index (χ0n) is 16.6. The number of nitrogens with zero attached hydrogens (tertiary/aromatic N) is 2. The first kappa shape index (κ1) is 19.8. The highest BCUT2D eigenvalue weighted by molar-refractivity contribution is 5.59. The molecule has 0 amide bonds. The molecule has 1 heterocycles. The molecular formula is C23H31FN2O. The third-order valence-corrected chi connectivity index (χ3v) is 5.81. The standard InChI is InChI=1S/C23H31FN2O/c1-3-15-27-23-14-13-22(25-26-23)20-12-11-19(21(24)16-20)10-9-18-7-5-17(4-2)6-8-18/h11-14,16-18H,3-10,15H2,1-2H3/t17-,18-. The minimum atomic E-state index is -0.136. The molecule has 3 rings (SSSR count). The number of hydrogen-bond acceptors (Lipinski definition) is 3. The van der Waals surface area contributed by atoms with E-state index in [1.807, 2.05) is 25.1 Å². The van der Waals surface area contributed by atoms with Crippen LogP contribution in [-0.2, 0) is 6.42 Å². The second kappa shape index (κ2) is 9.82. The summed E-state index contributed by atoms with van der Waals surface area (Å²) in [5, 5.41) is 8.23. The van der Waals surface area contributed by atoms with Crippen molar-refractivity contribution in [1.82, 2.24) is 10.2 Å². The zero-order valence-corrected chi connectivity index (χ0v) is 16.6. The predicted molar refractivity (Wildman–Crippen MR) is 107 cm³/mol. The zero-order chi connectivity index (χ0) is 19.1. The van der Waals surface area contributed by atoms with E-state index in [-0.39, 0.29) is 5.82 Å². The van der Waals surface area contributed by atoms with E-state index in [4.69, 9.17) is 4.74 Å². The summed E-state index contributed by atoms with van der Waals surface area (Å²) in [7, 11) is 0. The van der Waals surface area contributed by atoms with Crippen LogP contribution in [-0.4, -0.2) is 16.8 Å². The van der Waals surface area contributed by atoms with Crippen molar-refractivity contribution >= 4 is 0 Å². The SMILES string of the molecule is CCCOc1ccc(-c2ccc(CC[C@H]3CC[C@H](CC)CC3)c(F)c2)nn1. The van der Waals surface area contributed by atoms with Crippen LogP contribution >= 0.6 is 0 Å². The van der Waals surface area contributed by atoms with E-state index in [0.29, 0.717) is 18.2 Å². The van der Waals surface area contributed by atoms with Crippen molar-refractivity contribution in [2.45, 2.75) is 65.2 Å². The first-order chi connectivity index (χ1) is 13.2. The van der Waals surface area contributed by atoms with Crippen LogP contribution in [0.4, 0.5) is 4.39 Å². The molecule has 0 unspecified atom stereocenters. The molecule has 1 saturated carbocycles. The van der Waals surface area contributed by atoms with Gasteiger partial charge in [-0.25, -0.2) is 4.39 Å². The molecule has 1 aliphatic rings. The molecule has 1 aromatic carbocycles. The maximum atomic E-state index is 14.6. The van der Waals surface area contributed by atoms with Crippen LogP contribution < -0.4 is 4.74 Å². The third kappa shape index (κ3) is 5.50. The largest absolute Gasteiger partial charge is 0.477 e. The van der Waals surface area contributed by atoms with Gasteiger partial charge >= 0.3 is 0 Å². The van der Waals surface area contributed by atoms with E-state index in [0.717, 1.165) is 42.2 Å². The topological polar surface area (TPSA) is 35.0 Å². The van der Waals surface area contributed by atoms with Gasteiger partial charge in [0.1, 0.15) is 5.82 Å². The fourth-order valence-corrected chi connectivity index (χ4v) is 3.96. The van der Waals surface area contributed by atoms with Crippen LogP contribution in [0.3, 0.4) is 0 Å². The van der Waals surface area contributed by atoms with Crippen molar-refractivity contribution in [1.29, 1.82) is 0 Å². The predicted octanol–water partition coefficient (Wildman–Crippen LogP) is 6.22. The monoisotopic (exact) mass is 370 g/mol. The number of ether oxygens (including phenoxy) is 1. The van der Waals surface area contributed by atoms with E-state index in [9.17, 15) is 4.39 Å². The maximum absolute atomic E-state index is 14.6. The van der Waals surface area contributed by atoms with E-state index in [1.54, 1.807) is 12.1 Å². The van der Waals surface area contributed by atoms with Crippen molar-refractivity contribution in [3.05, 3.63) is 41.7 Å². The second-order valence-electron chi connectivity index (χ2n) is 7.75. The highest BCUT2D eigenvalue weighted by Gasteiger charge is 2.20. The lowest BCUT2D eigenvalue weighted by molar-refractivity contribution is 0.258. The van der Waals surface area contributed by atoms with E-state index < -0.39 is 0 Å². The Bertz CT molecular complexity index is 709. The minimum Gasteiger partial charge on any atom is -0.477 e. The maximum Gasteiger partial charge on any atom is 0.233 e. The Kier molecular flexibility index (Phi) is 7.19. The Morgan fingerprint density at radius 2 is 1.78 bits per heavy atom. The number of halogens is 1. The molecule has 0 N–H and O–H groups in total. The molecule has 0 spiro atoms. The molecule has 146 valence electrons. The Morgan fingerprint density at radius 3 is 2.41 bits per heavy atom. The van der Waals surface area contributed by atoms with E-state index in [2.05, 4.69) is 17.1 Å². The summed E-state index contributed by atoms with van der Waals surface area (Å²) < 4.78 is 20.0. The van der Waals surface area contributed by atoms with Gasteiger partial charge in [-0.1, -0.05) is 58.1 Å². The molecule has 0 atom stereocenters. The smallest absolute Gasteiger partial charge is 0.233 e. The molecule has 0 saturated heterocycles. The molecule has 0 radical (unpaired) electrons. The van der Waals surface area contributed by atoms with Crippen LogP contribution in [0.2, 0.25) is 0 Å². The fourth-order valence-electron chi connectivity index (χ4n) is 3.96. The van der Waals surface area contributed by atoms with Gasteiger partial charge in [-0.3, -0.25) is 0 Å². The number of benzene rings is 1. The second-order valence-corrected chi connectivity index (χ2v) is 7.75. The van der Waals surface area contributed by atoms with Crippen molar-refractivity contribution < 1.29 is 9.13 Å². The van der Waals surface area contributed by atoms with E-state index in [1.165, 1.54) is 32.1 Å². The molecule has 1 aromatic heterocycles. The van der Waals surface area contributed by atoms with E-state index >= 15 is 0 Å². The van der Waals surface area contributed by atoms with Crippen LogP contribution in [0.1, 0.15) is 64.4 Å². The first-order valence-corrected chi connectivity index (χ1v) is 10.4. The number of aryl methyl sites for hydroxylation is 1. The van der Waals surface area contributed by atoms with Gasteiger partial charge in [-0.2, -0.15) is 0 Å². The molecule has 0 aliphatic heterocycles. The first-order valence-electron chi connectivity index (χ1n) is 10.4. The lowest BCUT2D eigenvalue weighted by Gasteiger charge is -2.27. The molecule has 3 nitrogen and oxygen atoms in total. The summed E-state index contributed by atoms with van der Waals surface area (Å²) in [6.07, 6.45) is 9.45. The lowest BCUT2D eigenvalue weighted by Crippen LogP contribution is -2.14. The van der Waals surface area contributed by atoms with Crippen LogP contribution in [0, 0.1) is 17.7 Å². The summed E-state index contributed by atoms with van der Waals surface area (Å²) in [5.41, 5.74) is 2.24. The average Bonchev–Trinajstić information content (AvgIpc) is 2.72. The Balaban J connectivity index is 1.57. The molecule has 2 aromatic rings. The minimum absolute atomic E-state index is 0.136. The van der Waals surface area contributed by atoms with Gasteiger partial charge < -0.3 is 4.74 Å². The van der Waals surface area contributed by atoms with Gasteiger partial charge in [0.15, 0.2) is 0 Å². The molecule has 1 aliphatic carbocycles. The summed E-state index contributed by atoms with van der Waals surface area (Å²) in [6, 6.07) is 9.06. The van der Waals surface area contributed by atoms with Crippen LogP contribution in [0.15, 0.2) is 30.3 Å². The van der Waals surface area contributed by atoms with Gasteiger partial charge in [-0.05, 0) is 48.8 Å². The number of aromatic nitrogens is 2. The molecule has 27 heavy (non-hydrogen) atoms. The van der Waals surface area contributed by atoms with Gasteiger partial charge in [0.05, 0.1) is 12.3 Å². The number of rotatable bonds is 8. The highest BCUT2D eigenvalue weighted by atomic mass is 19.1. The summed E-state index contributed by atoms with van der Waals surface area (Å²) >= 11 is 0. The van der Waals surface area contributed by atoms with Crippen LogP contribution in [0.5, 0.6) is 5.88 Å². The Labute approximate surface area is 162 Å². The average molecular weight is 371 g/mol. The fraction of sp³-hybridized carbons (Fsp3) is 0.565. The highest BCUT2D eigenvalue weighted by Crippen LogP contribution is 2.33. The van der Waals surface area contributed by atoms with Gasteiger partial charge in [-0.15, -0.1) is 10.2 Å².